The largest absolute Gasteiger partial charge is 0.545 e. The number of benzene rings is 1. The predicted octanol–water partition coefficient (Wildman–Crippen LogP) is 3.37. The van der Waals surface area contributed by atoms with Gasteiger partial charge < -0.3 is 9.90 Å². The van der Waals surface area contributed by atoms with Crippen LogP contribution in [0.4, 0.5) is 0 Å². The summed E-state index contributed by atoms with van der Waals surface area (Å²) in [4.78, 5) is 16.7. The smallest absolute Gasteiger partial charge is 0.0722 e. The average Bonchev–Trinajstić information content (AvgIpc) is 2.52. The van der Waals surface area contributed by atoms with E-state index in [1.807, 2.05) is 31.2 Å². The lowest BCUT2D eigenvalue weighted by Gasteiger charge is -2.56. The van der Waals surface area contributed by atoms with Crippen molar-refractivity contribution in [1.82, 2.24) is 4.98 Å². The minimum atomic E-state index is -1.08. The molecule has 24 heavy (non-hydrogen) atoms. The number of rotatable bonds is 2. The van der Waals surface area contributed by atoms with Crippen LogP contribution in [0.3, 0.4) is 0 Å². The molecular weight excluding hydrogens is 298 g/mol. The normalized spacial score (nSPS) is 34.0. The summed E-state index contributed by atoms with van der Waals surface area (Å²) in [7, 11) is 0. The molecule has 4 saturated carbocycles. The maximum Gasteiger partial charge on any atom is 0.0722 e. The van der Waals surface area contributed by atoms with E-state index in [9.17, 15) is 9.90 Å². The number of fused-ring (bicyclic) bond motifs is 1. The van der Waals surface area contributed by atoms with Crippen LogP contribution < -0.4 is 5.11 Å². The molecule has 0 N–H and O–H groups in total. The van der Waals surface area contributed by atoms with Crippen LogP contribution >= 0.6 is 0 Å². The number of carboxylic acids is 1. The standard InChI is InChI=1S/C21H23NO2/c1-12-2-3-18-16(4-12)17(20(23)24)8-19(22-18)21-9-13-5-14(10-21)7-15(6-13)11-21/h2-4,8,13-15H,5-7,9-11H2,1H3,(H,23,24)/p-1. The van der Waals surface area contributed by atoms with E-state index >= 15 is 0 Å². The average molecular weight is 320 g/mol. The van der Waals surface area contributed by atoms with Gasteiger partial charge in [-0.1, -0.05) is 11.6 Å². The molecule has 124 valence electrons. The third-order valence-corrected chi connectivity index (χ3v) is 6.77. The SMILES string of the molecule is Cc1ccc2nc(C34CC5CC(CC(C5)C3)C4)cc(C(=O)[O-])c2c1. The van der Waals surface area contributed by atoms with Crippen LogP contribution in [0.1, 0.15) is 60.1 Å². The van der Waals surface area contributed by atoms with Crippen LogP contribution in [0.15, 0.2) is 24.3 Å². The van der Waals surface area contributed by atoms with Gasteiger partial charge in [0.25, 0.3) is 0 Å². The number of nitrogens with zero attached hydrogens (tertiary/aromatic N) is 1. The van der Waals surface area contributed by atoms with Gasteiger partial charge in [-0.25, -0.2) is 0 Å². The van der Waals surface area contributed by atoms with Gasteiger partial charge in [-0.15, -0.1) is 0 Å². The van der Waals surface area contributed by atoms with Gasteiger partial charge in [-0.2, -0.15) is 0 Å². The lowest BCUT2D eigenvalue weighted by atomic mass is 9.48. The van der Waals surface area contributed by atoms with Gasteiger partial charge in [-0.05, 0) is 81.4 Å². The monoisotopic (exact) mass is 320 g/mol. The van der Waals surface area contributed by atoms with Crippen molar-refractivity contribution in [3.63, 3.8) is 0 Å². The minimum Gasteiger partial charge on any atom is -0.545 e. The Bertz CT molecular complexity index is 819. The Balaban J connectivity index is 1.70. The maximum atomic E-state index is 11.8. The highest BCUT2D eigenvalue weighted by Gasteiger charge is 2.52. The Morgan fingerprint density at radius 2 is 1.71 bits per heavy atom. The van der Waals surface area contributed by atoms with Crippen molar-refractivity contribution in [3.8, 4) is 0 Å². The molecule has 0 atom stereocenters. The number of aromatic carboxylic acids is 1. The van der Waals surface area contributed by atoms with E-state index < -0.39 is 5.97 Å². The van der Waals surface area contributed by atoms with Gasteiger partial charge in [0.2, 0.25) is 0 Å². The topological polar surface area (TPSA) is 53.0 Å². The summed E-state index contributed by atoms with van der Waals surface area (Å²) in [5, 5.41) is 12.5. The van der Waals surface area contributed by atoms with Crippen molar-refractivity contribution in [2.75, 3.05) is 0 Å². The molecule has 2 aromatic rings. The molecule has 3 nitrogen and oxygen atoms in total. The molecule has 4 aliphatic rings. The first-order valence-electron chi connectivity index (χ1n) is 9.16. The summed E-state index contributed by atoms with van der Waals surface area (Å²) in [6.07, 6.45) is 7.69. The summed E-state index contributed by atoms with van der Waals surface area (Å²) in [5.74, 6) is 1.37. The van der Waals surface area contributed by atoms with Crippen molar-refractivity contribution in [3.05, 3.63) is 41.1 Å². The van der Waals surface area contributed by atoms with Gasteiger partial charge in [0.1, 0.15) is 0 Å². The zero-order chi connectivity index (χ0) is 16.5. The fraction of sp³-hybridized carbons (Fsp3) is 0.524. The molecule has 0 spiro atoms. The molecule has 0 unspecified atom stereocenters. The van der Waals surface area contributed by atoms with Crippen LogP contribution in [-0.4, -0.2) is 11.0 Å². The Morgan fingerprint density at radius 1 is 1.08 bits per heavy atom. The lowest BCUT2D eigenvalue weighted by Crippen LogP contribution is -2.49. The van der Waals surface area contributed by atoms with Crippen molar-refractivity contribution in [2.45, 2.75) is 50.9 Å². The zero-order valence-electron chi connectivity index (χ0n) is 14.0. The summed E-state index contributed by atoms with van der Waals surface area (Å²) < 4.78 is 0. The van der Waals surface area contributed by atoms with Gasteiger partial charge in [-0.3, -0.25) is 4.98 Å². The van der Waals surface area contributed by atoms with Crippen LogP contribution in [0.5, 0.6) is 0 Å². The van der Waals surface area contributed by atoms with Crippen LogP contribution in [-0.2, 0) is 5.41 Å². The molecule has 0 radical (unpaired) electrons. The molecule has 3 heteroatoms. The third kappa shape index (κ3) is 2.03. The summed E-state index contributed by atoms with van der Waals surface area (Å²) in [6.45, 7) is 1.98. The highest BCUT2D eigenvalue weighted by Crippen LogP contribution is 2.60. The number of aromatic nitrogens is 1. The summed E-state index contributed by atoms with van der Waals surface area (Å²) in [6, 6.07) is 7.72. The molecule has 1 heterocycles. The summed E-state index contributed by atoms with van der Waals surface area (Å²) in [5.41, 5.74) is 3.28. The molecule has 6 rings (SSSR count). The highest BCUT2D eigenvalue weighted by atomic mass is 16.4. The van der Waals surface area contributed by atoms with Crippen LogP contribution in [0, 0.1) is 24.7 Å². The second kappa shape index (κ2) is 4.81. The van der Waals surface area contributed by atoms with E-state index in [1.165, 1.54) is 38.5 Å². The quantitative estimate of drug-likeness (QED) is 0.852. The van der Waals surface area contributed by atoms with Crippen molar-refractivity contribution in [2.24, 2.45) is 17.8 Å². The number of carbonyl (C=O) groups excluding carboxylic acids is 1. The van der Waals surface area contributed by atoms with E-state index in [0.717, 1.165) is 34.5 Å². The number of aryl methyl sites for hydroxylation is 1. The van der Waals surface area contributed by atoms with Gasteiger partial charge in [0, 0.05) is 22.1 Å². The minimum absolute atomic E-state index is 0.109. The number of carbonyl (C=O) groups is 1. The maximum absolute atomic E-state index is 11.8. The molecule has 0 saturated heterocycles. The summed E-state index contributed by atoms with van der Waals surface area (Å²) >= 11 is 0. The predicted molar refractivity (Wildman–Crippen MR) is 90.7 cm³/mol. The Kier molecular flexibility index (Phi) is 2.89. The molecule has 4 bridgehead atoms. The fourth-order valence-corrected chi connectivity index (χ4v) is 6.20. The van der Waals surface area contributed by atoms with Gasteiger partial charge in [0.15, 0.2) is 0 Å². The van der Waals surface area contributed by atoms with E-state index in [1.54, 1.807) is 0 Å². The van der Waals surface area contributed by atoms with E-state index in [4.69, 9.17) is 4.98 Å². The molecular formula is C21H22NO2-. The Morgan fingerprint density at radius 3 is 2.29 bits per heavy atom. The first kappa shape index (κ1) is 14.4. The fourth-order valence-electron chi connectivity index (χ4n) is 6.20. The molecule has 0 aliphatic heterocycles. The molecule has 1 aromatic carbocycles. The Hall–Kier alpha value is -1.90. The molecule has 0 amide bonds. The van der Waals surface area contributed by atoms with Crippen molar-refractivity contribution >= 4 is 16.9 Å². The second-order valence-corrected chi connectivity index (χ2v) is 8.56. The highest BCUT2D eigenvalue weighted by molar-refractivity contribution is 6.01. The number of carboxylic acid groups (broad SMARTS) is 1. The number of hydrogen-bond acceptors (Lipinski definition) is 3. The van der Waals surface area contributed by atoms with Gasteiger partial charge >= 0.3 is 0 Å². The van der Waals surface area contributed by atoms with E-state index in [0.29, 0.717) is 10.9 Å². The molecule has 4 aliphatic carbocycles. The lowest BCUT2D eigenvalue weighted by molar-refractivity contribution is -0.254. The van der Waals surface area contributed by atoms with Gasteiger partial charge in [0.05, 0.1) is 11.5 Å². The van der Waals surface area contributed by atoms with E-state index in [2.05, 4.69) is 0 Å². The van der Waals surface area contributed by atoms with Crippen molar-refractivity contribution in [1.29, 1.82) is 0 Å². The van der Waals surface area contributed by atoms with E-state index in [-0.39, 0.29) is 5.41 Å². The molecule has 4 fully saturated rings. The first-order chi connectivity index (χ1) is 11.5. The Labute approximate surface area is 142 Å². The molecule has 1 aromatic heterocycles. The van der Waals surface area contributed by atoms with Crippen molar-refractivity contribution < 1.29 is 9.90 Å². The number of hydrogen-bond donors (Lipinski definition) is 0. The van der Waals surface area contributed by atoms with Crippen LogP contribution in [0.25, 0.3) is 10.9 Å². The second-order valence-electron chi connectivity index (χ2n) is 8.56. The van der Waals surface area contributed by atoms with Crippen LogP contribution in [0.2, 0.25) is 0 Å². The zero-order valence-corrected chi connectivity index (χ0v) is 14.0. The first-order valence-corrected chi connectivity index (χ1v) is 9.16. The third-order valence-electron chi connectivity index (χ3n) is 6.77. The number of pyridine rings is 1.